The van der Waals surface area contributed by atoms with Crippen LogP contribution in [0.4, 0.5) is 5.82 Å². The number of H-pyrrole nitrogens is 1. The van der Waals surface area contributed by atoms with Gasteiger partial charge in [-0.1, -0.05) is 20.3 Å². The Hall–Kier alpha value is -1.36. The van der Waals surface area contributed by atoms with Gasteiger partial charge in [0.05, 0.1) is 6.20 Å². The van der Waals surface area contributed by atoms with Crippen LogP contribution in [-0.4, -0.2) is 22.6 Å². The number of nitrogens with one attached hydrogen (secondary N) is 2. The van der Waals surface area contributed by atoms with Crippen LogP contribution in [0.5, 0.6) is 0 Å². The number of amides is 1. The van der Waals surface area contributed by atoms with Crippen molar-refractivity contribution in [1.82, 2.24) is 10.2 Å². The number of hydrogen-bond donors (Lipinski definition) is 3. The van der Waals surface area contributed by atoms with Crippen LogP contribution in [0.15, 0.2) is 6.20 Å². The molecule has 0 saturated heterocycles. The van der Waals surface area contributed by atoms with Gasteiger partial charge in [0.1, 0.15) is 5.82 Å². The Morgan fingerprint density at radius 2 is 2.28 bits per heavy atom. The van der Waals surface area contributed by atoms with Crippen LogP contribution in [0.1, 0.15) is 45.1 Å². The molecule has 4 N–H and O–H groups in total. The number of nitrogens with zero attached hydrogens (tertiary/aromatic N) is 1. The molecule has 1 rings (SSSR count). The van der Waals surface area contributed by atoms with Crippen molar-refractivity contribution >= 4 is 11.7 Å². The van der Waals surface area contributed by atoms with Crippen LogP contribution in [0.25, 0.3) is 0 Å². The Balaban J connectivity index is 2.37. The van der Waals surface area contributed by atoms with Crippen LogP contribution < -0.4 is 11.1 Å². The van der Waals surface area contributed by atoms with E-state index in [9.17, 15) is 4.79 Å². The molecule has 0 fully saturated rings. The molecule has 1 atom stereocenters. The van der Waals surface area contributed by atoms with Crippen molar-refractivity contribution in [3.63, 3.8) is 0 Å². The Morgan fingerprint density at radius 1 is 1.50 bits per heavy atom. The normalized spacial score (nSPS) is 12.4. The SMILES string of the molecule is CCc1cn[nH]c1NC(=O)CCC(CC)CCN. The highest BCUT2D eigenvalue weighted by Crippen LogP contribution is 2.16. The number of carbonyl (C=O) groups is 1. The summed E-state index contributed by atoms with van der Waals surface area (Å²) in [4.78, 5) is 11.8. The van der Waals surface area contributed by atoms with Gasteiger partial charge >= 0.3 is 0 Å². The second-order valence-corrected chi connectivity index (χ2v) is 4.56. The number of aromatic amines is 1. The average molecular weight is 252 g/mol. The summed E-state index contributed by atoms with van der Waals surface area (Å²) >= 11 is 0. The van der Waals surface area contributed by atoms with E-state index in [0.29, 0.717) is 18.9 Å². The Labute approximate surface area is 109 Å². The van der Waals surface area contributed by atoms with E-state index in [2.05, 4.69) is 22.4 Å². The maximum Gasteiger partial charge on any atom is 0.225 e. The van der Waals surface area contributed by atoms with Crippen molar-refractivity contribution in [2.45, 2.75) is 46.0 Å². The minimum absolute atomic E-state index is 0.0458. The number of anilines is 1. The largest absolute Gasteiger partial charge is 0.330 e. The smallest absolute Gasteiger partial charge is 0.225 e. The summed E-state index contributed by atoms with van der Waals surface area (Å²) in [7, 11) is 0. The van der Waals surface area contributed by atoms with Crippen LogP contribution in [0.2, 0.25) is 0 Å². The van der Waals surface area contributed by atoms with E-state index in [1.165, 1.54) is 0 Å². The second kappa shape index (κ2) is 7.87. The van der Waals surface area contributed by atoms with Crippen molar-refractivity contribution in [2.24, 2.45) is 11.7 Å². The highest BCUT2D eigenvalue weighted by Gasteiger charge is 2.11. The third-order valence-electron chi connectivity index (χ3n) is 3.30. The second-order valence-electron chi connectivity index (χ2n) is 4.56. The highest BCUT2D eigenvalue weighted by molar-refractivity contribution is 5.90. The molecule has 1 unspecified atom stereocenters. The lowest BCUT2D eigenvalue weighted by atomic mass is 9.96. The lowest BCUT2D eigenvalue weighted by Gasteiger charge is -2.13. The number of carbonyl (C=O) groups excluding carboxylic acids is 1. The van der Waals surface area contributed by atoms with Gasteiger partial charge in [0.25, 0.3) is 0 Å². The molecule has 0 bridgehead atoms. The predicted octanol–water partition coefficient (Wildman–Crippen LogP) is 2.07. The van der Waals surface area contributed by atoms with Gasteiger partial charge in [0.15, 0.2) is 0 Å². The standard InChI is InChI=1S/C13H24N4O/c1-3-10(7-8-14)5-6-12(18)16-13-11(4-2)9-15-17-13/h9-10H,3-8,14H2,1-2H3,(H2,15,16,17,18). The minimum atomic E-state index is 0.0458. The Morgan fingerprint density at radius 3 is 2.89 bits per heavy atom. The van der Waals surface area contributed by atoms with Crippen LogP contribution in [0.3, 0.4) is 0 Å². The fraction of sp³-hybridized carbons (Fsp3) is 0.692. The van der Waals surface area contributed by atoms with Crippen molar-refractivity contribution < 1.29 is 4.79 Å². The quantitative estimate of drug-likeness (QED) is 0.662. The first-order valence-corrected chi connectivity index (χ1v) is 6.73. The molecule has 18 heavy (non-hydrogen) atoms. The topological polar surface area (TPSA) is 83.8 Å². The van der Waals surface area contributed by atoms with E-state index < -0.39 is 0 Å². The van der Waals surface area contributed by atoms with Gasteiger partial charge in [0.2, 0.25) is 5.91 Å². The molecule has 1 aromatic rings. The average Bonchev–Trinajstić information content (AvgIpc) is 2.81. The summed E-state index contributed by atoms with van der Waals surface area (Å²) < 4.78 is 0. The molecule has 1 amide bonds. The van der Waals surface area contributed by atoms with E-state index in [-0.39, 0.29) is 5.91 Å². The van der Waals surface area contributed by atoms with Crippen molar-refractivity contribution in [3.8, 4) is 0 Å². The molecule has 0 aliphatic rings. The number of nitrogens with two attached hydrogens (primary N) is 1. The third kappa shape index (κ3) is 4.49. The first-order chi connectivity index (χ1) is 8.71. The Kier molecular flexibility index (Phi) is 6.43. The molecule has 1 heterocycles. The molecule has 0 saturated carbocycles. The fourth-order valence-corrected chi connectivity index (χ4v) is 2.01. The summed E-state index contributed by atoms with van der Waals surface area (Å²) in [6.07, 6.45) is 6.12. The summed E-state index contributed by atoms with van der Waals surface area (Å²) in [5.41, 5.74) is 6.58. The summed E-state index contributed by atoms with van der Waals surface area (Å²) in [5.74, 6) is 1.33. The van der Waals surface area contributed by atoms with Crippen molar-refractivity contribution in [3.05, 3.63) is 11.8 Å². The molecule has 102 valence electrons. The first kappa shape index (κ1) is 14.7. The maximum absolute atomic E-state index is 11.8. The van der Waals surface area contributed by atoms with E-state index in [4.69, 9.17) is 5.73 Å². The third-order valence-corrected chi connectivity index (χ3v) is 3.30. The highest BCUT2D eigenvalue weighted by atomic mass is 16.1. The predicted molar refractivity (Wildman–Crippen MR) is 73.3 cm³/mol. The number of hydrogen-bond acceptors (Lipinski definition) is 3. The van der Waals surface area contributed by atoms with Crippen LogP contribution >= 0.6 is 0 Å². The van der Waals surface area contributed by atoms with E-state index in [1.54, 1.807) is 6.20 Å². The minimum Gasteiger partial charge on any atom is -0.330 e. The molecular weight excluding hydrogens is 228 g/mol. The van der Waals surface area contributed by atoms with Gasteiger partial charge in [0, 0.05) is 12.0 Å². The molecule has 0 spiro atoms. The molecule has 0 aliphatic heterocycles. The van der Waals surface area contributed by atoms with Gasteiger partial charge in [-0.25, -0.2) is 0 Å². The zero-order valence-electron chi connectivity index (χ0n) is 11.3. The molecular formula is C13H24N4O. The zero-order valence-corrected chi connectivity index (χ0v) is 11.3. The van der Waals surface area contributed by atoms with Gasteiger partial charge in [-0.05, 0) is 31.7 Å². The van der Waals surface area contributed by atoms with Gasteiger partial charge in [-0.2, -0.15) is 5.10 Å². The summed E-state index contributed by atoms with van der Waals surface area (Å²) in [5, 5.41) is 9.62. The molecule has 0 aromatic carbocycles. The Bertz CT molecular complexity index is 362. The zero-order chi connectivity index (χ0) is 13.4. The van der Waals surface area contributed by atoms with E-state index >= 15 is 0 Å². The molecule has 0 radical (unpaired) electrons. The van der Waals surface area contributed by atoms with E-state index in [0.717, 1.165) is 37.1 Å². The monoisotopic (exact) mass is 252 g/mol. The first-order valence-electron chi connectivity index (χ1n) is 6.73. The summed E-state index contributed by atoms with van der Waals surface area (Å²) in [6, 6.07) is 0. The maximum atomic E-state index is 11.8. The fourth-order valence-electron chi connectivity index (χ4n) is 2.01. The van der Waals surface area contributed by atoms with Crippen LogP contribution in [-0.2, 0) is 11.2 Å². The van der Waals surface area contributed by atoms with Gasteiger partial charge < -0.3 is 11.1 Å². The lowest BCUT2D eigenvalue weighted by Crippen LogP contribution is -2.16. The van der Waals surface area contributed by atoms with Gasteiger partial charge in [-0.15, -0.1) is 0 Å². The van der Waals surface area contributed by atoms with Gasteiger partial charge in [-0.3, -0.25) is 9.89 Å². The molecule has 0 aliphatic carbocycles. The number of aromatic nitrogens is 2. The number of aryl methyl sites for hydroxylation is 1. The number of rotatable bonds is 8. The molecule has 5 heteroatoms. The van der Waals surface area contributed by atoms with E-state index in [1.807, 2.05) is 6.92 Å². The lowest BCUT2D eigenvalue weighted by molar-refractivity contribution is -0.116. The molecule has 5 nitrogen and oxygen atoms in total. The van der Waals surface area contributed by atoms with Crippen LogP contribution in [0, 0.1) is 5.92 Å². The molecule has 1 aromatic heterocycles. The summed E-state index contributed by atoms with van der Waals surface area (Å²) in [6.45, 7) is 4.87. The van der Waals surface area contributed by atoms with Crippen molar-refractivity contribution in [1.29, 1.82) is 0 Å². The van der Waals surface area contributed by atoms with Crippen molar-refractivity contribution in [2.75, 3.05) is 11.9 Å².